The van der Waals surface area contributed by atoms with Crippen LogP contribution in [0.15, 0.2) is 52.6 Å². The highest BCUT2D eigenvalue weighted by Crippen LogP contribution is 2.56. The minimum Gasteiger partial charge on any atom is -0.504 e. The van der Waals surface area contributed by atoms with Crippen molar-refractivity contribution in [3.8, 4) is 11.5 Å². The molecule has 1 saturated carbocycles. The Hall–Kier alpha value is -3.48. The van der Waals surface area contributed by atoms with Crippen LogP contribution in [0, 0.1) is 17.8 Å². The second kappa shape index (κ2) is 8.82. The number of phenols is 1. The summed E-state index contributed by atoms with van der Waals surface area (Å²) in [6.07, 6.45) is 8.97. The van der Waals surface area contributed by atoms with E-state index in [2.05, 4.69) is 0 Å². The van der Waals surface area contributed by atoms with Crippen LogP contribution in [-0.4, -0.2) is 46.5 Å². The Morgan fingerprint density at radius 3 is 2.46 bits per heavy atom. The van der Waals surface area contributed by atoms with E-state index in [1.165, 1.54) is 13.2 Å². The second-order valence-electron chi connectivity index (χ2n) is 11.0. The van der Waals surface area contributed by atoms with Crippen molar-refractivity contribution in [3.05, 3.63) is 58.2 Å². The van der Waals surface area contributed by atoms with Crippen molar-refractivity contribution in [2.24, 2.45) is 17.8 Å². The van der Waals surface area contributed by atoms with Crippen LogP contribution in [0.25, 0.3) is 0 Å². The molecule has 192 valence electrons. The Morgan fingerprint density at radius 2 is 1.76 bits per heavy atom. The number of hydrogen-bond acceptors (Lipinski definition) is 6. The van der Waals surface area contributed by atoms with Crippen molar-refractivity contribution in [2.45, 2.75) is 63.8 Å². The number of aromatic hydroxyl groups is 1. The molecule has 6 rings (SSSR count). The van der Waals surface area contributed by atoms with Crippen molar-refractivity contribution >= 4 is 23.4 Å². The lowest BCUT2D eigenvalue weighted by Gasteiger charge is -2.42. The number of imide groups is 1. The lowest BCUT2D eigenvalue weighted by molar-refractivity contribution is -0.143. The third-order valence-electron chi connectivity index (χ3n) is 9.07. The normalized spacial score (nSPS) is 30.1. The topological polar surface area (TPSA) is 101 Å². The fraction of sp³-hybridized carbons (Fsp3) is 0.467. The van der Waals surface area contributed by atoms with Crippen LogP contribution >= 0.6 is 0 Å². The molecule has 37 heavy (non-hydrogen) atoms. The van der Waals surface area contributed by atoms with E-state index in [0.29, 0.717) is 34.5 Å². The maximum atomic E-state index is 13.9. The number of phenolic OH excluding ortho intramolecular Hbond substituents is 1. The zero-order valence-electron chi connectivity index (χ0n) is 21.2. The molecule has 0 bridgehead atoms. The molecule has 7 heteroatoms. The Morgan fingerprint density at radius 1 is 1.00 bits per heavy atom. The minimum atomic E-state index is -0.570. The third kappa shape index (κ3) is 3.54. The first kappa shape index (κ1) is 23.9. The molecule has 1 N–H and O–H groups in total. The molecule has 1 aromatic rings. The number of carbonyl (C=O) groups excluding carboxylic acids is 4. The molecular formula is C30H31NO6. The Balaban J connectivity index is 1.46. The SMILES string of the molecule is COc1ccc(C2C3=CCC4C(=O)N(C5CCCCC5)C(=O)C4C3CC3=C2C(=O)C=C(C)C3=O)cc1O. The van der Waals surface area contributed by atoms with Gasteiger partial charge < -0.3 is 9.84 Å². The van der Waals surface area contributed by atoms with Gasteiger partial charge in [0.2, 0.25) is 11.8 Å². The highest BCUT2D eigenvalue weighted by atomic mass is 16.5. The molecule has 1 aromatic carbocycles. The van der Waals surface area contributed by atoms with Gasteiger partial charge in [-0.2, -0.15) is 0 Å². The Bertz CT molecular complexity index is 1330. The maximum Gasteiger partial charge on any atom is 0.233 e. The highest BCUT2D eigenvalue weighted by molar-refractivity contribution is 6.23. The molecule has 7 nitrogen and oxygen atoms in total. The van der Waals surface area contributed by atoms with Gasteiger partial charge in [-0.3, -0.25) is 24.1 Å². The van der Waals surface area contributed by atoms with Crippen LogP contribution in [0.5, 0.6) is 11.5 Å². The van der Waals surface area contributed by atoms with Crippen molar-refractivity contribution in [1.29, 1.82) is 0 Å². The molecular weight excluding hydrogens is 470 g/mol. The standard InChI is InChI=1S/C30H31NO6/c1-15-12-23(33)27-21(28(15)34)14-20-18(25(27)16-8-11-24(37-2)22(32)13-16)9-10-19-26(20)30(36)31(29(19)35)17-6-4-3-5-7-17/h8-9,11-13,17,19-20,25-26,32H,3-7,10,14H2,1-2H3. The van der Waals surface area contributed by atoms with E-state index in [1.54, 1.807) is 30.0 Å². The molecule has 0 radical (unpaired) electrons. The van der Waals surface area contributed by atoms with E-state index in [4.69, 9.17) is 4.74 Å². The number of rotatable bonds is 3. The second-order valence-corrected chi connectivity index (χ2v) is 11.0. The molecule has 0 spiro atoms. The maximum absolute atomic E-state index is 13.9. The molecule has 4 aliphatic carbocycles. The summed E-state index contributed by atoms with van der Waals surface area (Å²) in [4.78, 5) is 55.6. The summed E-state index contributed by atoms with van der Waals surface area (Å²) in [6.45, 7) is 1.64. The number of amides is 2. The van der Waals surface area contributed by atoms with E-state index >= 15 is 0 Å². The molecule has 4 atom stereocenters. The van der Waals surface area contributed by atoms with E-state index in [1.807, 2.05) is 6.08 Å². The summed E-state index contributed by atoms with van der Waals surface area (Å²) in [5.41, 5.74) is 2.80. The number of ketones is 2. The first-order valence-electron chi connectivity index (χ1n) is 13.3. The number of Topliss-reactive ketones (excluding diaryl/α,β-unsaturated/α-hetero) is 1. The number of fused-ring (bicyclic) bond motifs is 3. The lowest BCUT2D eigenvalue weighted by atomic mass is 9.59. The molecule has 0 aromatic heterocycles. The molecule has 2 fully saturated rings. The Kier molecular flexibility index (Phi) is 5.70. The summed E-state index contributed by atoms with van der Waals surface area (Å²) >= 11 is 0. The van der Waals surface area contributed by atoms with Crippen LogP contribution < -0.4 is 4.74 Å². The molecule has 1 saturated heterocycles. The van der Waals surface area contributed by atoms with Crippen LogP contribution in [-0.2, 0) is 19.2 Å². The van der Waals surface area contributed by atoms with Crippen molar-refractivity contribution in [1.82, 2.24) is 4.90 Å². The highest BCUT2D eigenvalue weighted by Gasteiger charge is 2.57. The quantitative estimate of drug-likeness (QED) is 0.379. The summed E-state index contributed by atoms with van der Waals surface area (Å²) in [5, 5.41) is 10.6. The van der Waals surface area contributed by atoms with Gasteiger partial charge in [-0.05, 0) is 62.3 Å². The van der Waals surface area contributed by atoms with E-state index in [-0.39, 0.29) is 47.5 Å². The number of hydrogen-bond donors (Lipinski definition) is 1. The van der Waals surface area contributed by atoms with Gasteiger partial charge in [-0.25, -0.2) is 0 Å². The van der Waals surface area contributed by atoms with Crippen LogP contribution in [0.3, 0.4) is 0 Å². The van der Waals surface area contributed by atoms with E-state index in [0.717, 1.165) is 37.7 Å². The first-order valence-corrected chi connectivity index (χ1v) is 13.3. The number of benzene rings is 1. The van der Waals surface area contributed by atoms with Gasteiger partial charge in [-0.15, -0.1) is 0 Å². The lowest BCUT2D eigenvalue weighted by Crippen LogP contribution is -2.43. The van der Waals surface area contributed by atoms with Gasteiger partial charge in [0.1, 0.15) is 0 Å². The minimum absolute atomic E-state index is 0.0430. The summed E-state index contributed by atoms with van der Waals surface area (Å²) < 4.78 is 5.21. The van der Waals surface area contributed by atoms with Gasteiger partial charge in [0, 0.05) is 28.7 Å². The van der Waals surface area contributed by atoms with E-state index < -0.39 is 17.8 Å². The van der Waals surface area contributed by atoms with Crippen molar-refractivity contribution in [2.75, 3.05) is 7.11 Å². The summed E-state index contributed by atoms with van der Waals surface area (Å²) in [6, 6.07) is 4.97. The van der Waals surface area contributed by atoms with E-state index in [9.17, 15) is 24.3 Å². The number of allylic oxidation sites excluding steroid dienone is 6. The first-order chi connectivity index (χ1) is 17.8. The number of ether oxygens (including phenoxy) is 1. The number of methoxy groups -OCH3 is 1. The van der Waals surface area contributed by atoms with Gasteiger partial charge in [0.15, 0.2) is 23.1 Å². The molecule has 1 aliphatic heterocycles. The summed E-state index contributed by atoms with van der Waals surface area (Å²) in [5.74, 6) is -2.24. The zero-order valence-corrected chi connectivity index (χ0v) is 21.2. The fourth-order valence-electron chi connectivity index (χ4n) is 7.37. The average molecular weight is 502 g/mol. The molecule has 2 amide bonds. The number of carbonyl (C=O) groups is 4. The summed E-state index contributed by atoms with van der Waals surface area (Å²) in [7, 11) is 1.47. The van der Waals surface area contributed by atoms with Gasteiger partial charge >= 0.3 is 0 Å². The van der Waals surface area contributed by atoms with Gasteiger partial charge in [0.25, 0.3) is 0 Å². The monoisotopic (exact) mass is 501 g/mol. The molecule has 1 heterocycles. The van der Waals surface area contributed by atoms with Crippen molar-refractivity contribution in [3.63, 3.8) is 0 Å². The van der Waals surface area contributed by atoms with Gasteiger partial charge in [0.05, 0.1) is 18.9 Å². The predicted octanol–water partition coefficient (Wildman–Crippen LogP) is 4.16. The van der Waals surface area contributed by atoms with Crippen molar-refractivity contribution < 1.29 is 29.0 Å². The average Bonchev–Trinajstić information content (AvgIpc) is 3.16. The Labute approximate surface area is 215 Å². The zero-order chi connectivity index (χ0) is 26.0. The molecule has 5 aliphatic rings. The van der Waals surface area contributed by atoms with Gasteiger partial charge in [-0.1, -0.05) is 37.0 Å². The van der Waals surface area contributed by atoms with Crippen LogP contribution in [0.1, 0.15) is 63.4 Å². The predicted molar refractivity (Wildman–Crippen MR) is 135 cm³/mol. The fourth-order valence-corrected chi connectivity index (χ4v) is 7.37. The van der Waals surface area contributed by atoms with Crippen LogP contribution in [0.4, 0.5) is 0 Å². The van der Waals surface area contributed by atoms with Crippen LogP contribution in [0.2, 0.25) is 0 Å². The third-order valence-corrected chi connectivity index (χ3v) is 9.07. The largest absolute Gasteiger partial charge is 0.504 e. The number of likely N-dealkylation sites (tertiary alicyclic amines) is 1. The number of nitrogens with zero attached hydrogens (tertiary/aromatic N) is 1. The molecule has 4 unspecified atom stereocenters. The smallest absolute Gasteiger partial charge is 0.233 e.